The molecule has 2 aliphatic carbocycles. The van der Waals surface area contributed by atoms with Crippen LogP contribution in [0.2, 0.25) is 0 Å². The average Bonchev–Trinajstić information content (AvgIpc) is 2.57. The van der Waals surface area contributed by atoms with Crippen LogP contribution in [0.1, 0.15) is 57.8 Å². The summed E-state index contributed by atoms with van der Waals surface area (Å²) >= 11 is 0. The van der Waals surface area contributed by atoms with Crippen molar-refractivity contribution < 1.29 is 4.74 Å². The van der Waals surface area contributed by atoms with E-state index in [0.29, 0.717) is 18.5 Å². The summed E-state index contributed by atoms with van der Waals surface area (Å²) in [6.07, 6.45) is 11.3. The molecule has 2 rings (SSSR count). The van der Waals surface area contributed by atoms with Gasteiger partial charge in [-0.25, -0.2) is 0 Å². The van der Waals surface area contributed by atoms with Gasteiger partial charge in [-0.15, -0.1) is 0 Å². The molecule has 0 amide bonds. The Hall–Kier alpha value is -0.770. The summed E-state index contributed by atoms with van der Waals surface area (Å²) in [5, 5.41) is 3.38. The first-order valence-corrected chi connectivity index (χ1v) is 7.36. The molecule has 0 aromatic rings. The molecule has 0 spiro atoms. The Balaban J connectivity index is 1.77. The molecule has 2 fully saturated rings. The van der Waals surface area contributed by atoms with Crippen LogP contribution in [0.15, 0.2) is 4.99 Å². The van der Waals surface area contributed by atoms with Crippen LogP contribution in [0.3, 0.4) is 0 Å². The van der Waals surface area contributed by atoms with Crippen molar-refractivity contribution in [2.45, 2.75) is 69.4 Å². The molecular formula is C14H27N3O. The number of nitrogens with zero attached hydrogens (tertiary/aromatic N) is 1. The first-order valence-electron chi connectivity index (χ1n) is 7.36. The van der Waals surface area contributed by atoms with Gasteiger partial charge in [0.2, 0.25) is 0 Å². The van der Waals surface area contributed by atoms with Gasteiger partial charge in [0.15, 0.2) is 5.96 Å². The normalized spacial score (nSPS) is 25.3. The molecule has 0 atom stereocenters. The van der Waals surface area contributed by atoms with Crippen LogP contribution in [0.5, 0.6) is 0 Å². The quantitative estimate of drug-likeness (QED) is 0.458. The zero-order valence-corrected chi connectivity index (χ0v) is 11.6. The number of hydrogen-bond acceptors (Lipinski definition) is 2. The summed E-state index contributed by atoms with van der Waals surface area (Å²) in [5.41, 5.74) is 5.96. The first kappa shape index (κ1) is 13.7. The smallest absolute Gasteiger partial charge is 0.188 e. The Labute approximate surface area is 110 Å². The van der Waals surface area contributed by atoms with E-state index in [1.807, 2.05) is 0 Å². The third kappa shape index (κ3) is 3.61. The SMILES string of the molecule is COC1(CN=C(N)NC2CCCCCC2)CCC1. The number of nitrogens with two attached hydrogens (primary N) is 1. The Kier molecular flexibility index (Phi) is 4.87. The van der Waals surface area contributed by atoms with Crippen molar-refractivity contribution in [2.24, 2.45) is 10.7 Å². The molecule has 0 aliphatic heterocycles. The van der Waals surface area contributed by atoms with Gasteiger partial charge in [0.25, 0.3) is 0 Å². The molecule has 0 aromatic carbocycles. The maximum atomic E-state index is 5.98. The number of nitrogens with one attached hydrogen (secondary N) is 1. The number of rotatable bonds is 4. The van der Waals surface area contributed by atoms with Gasteiger partial charge in [0, 0.05) is 13.2 Å². The second-order valence-electron chi connectivity index (χ2n) is 5.77. The lowest BCUT2D eigenvalue weighted by molar-refractivity contribution is -0.0630. The minimum absolute atomic E-state index is 0.0181. The van der Waals surface area contributed by atoms with Gasteiger partial charge in [0.1, 0.15) is 0 Å². The summed E-state index contributed by atoms with van der Waals surface area (Å²) < 4.78 is 5.54. The molecule has 18 heavy (non-hydrogen) atoms. The summed E-state index contributed by atoms with van der Waals surface area (Å²) in [6.45, 7) is 0.703. The average molecular weight is 253 g/mol. The highest BCUT2D eigenvalue weighted by Gasteiger charge is 2.36. The van der Waals surface area contributed by atoms with E-state index in [1.54, 1.807) is 7.11 Å². The molecule has 3 N–H and O–H groups in total. The van der Waals surface area contributed by atoms with Crippen molar-refractivity contribution in [3.63, 3.8) is 0 Å². The van der Waals surface area contributed by atoms with Crippen molar-refractivity contribution in [2.75, 3.05) is 13.7 Å². The summed E-state index contributed by atoms with van der Waals surface area (Å²) in [4.78, 5) is 4.47. The molecular weight excluding hydrogens is 226 g/mol. The van der Waals surface area contributed by atoms with Crippen LogP contribution in [0.4, 0.5) is 0 Å². The van der Waals surface area contributed by atoms with E-state index in [2.05, 4.69) is 10.3 Å². The molecule has 4 heteroatoms. The van der Waals surface area contributed by atoms with Crippen LogP contribution >= 0.6 is 0 Å². The highest BCUT2D eigenvalue weighted by molar-refractivity contribution is 5.78. The summed E-state index contributed by atoms with van der Waals surface area (Å²) in [6, 6.07) is 0.524. The van der Waals surface area contributed by atoms with Crippen molar-refractivity contribution in [3.05, 3.63) is 0 Å². The van der Waals surface area contributed by atoms with Crippen LogP contribution < -0.4 is 11.1 Å². The highest BCUT2D eigenvalue weighted by Crippen LogP contribution is 2.35. The predicted octanol–water partition coefficient (Wildman–Crippen LogP) is 2.18. The van der Waals surface area contributed by atoms with Gasteiger partial charge in [0.05, 0.1) is 12.1 Å². The van der Waals surface area contributed by atoms with Gasteiger partial charge in [-0.05, 0) is 32.1 Å². The van der Waals surface area contributed by atoms with Crippen LogP contribution in [-0.2, 0) is 4.74 Å². The van der Waals surface area contributed by atoms with E-state index in [1.165, 1.54) is 44.9 Å². The van der Waals surface area contributed by atoms with Gasteiger partial charge < -0.3 is 15.8 Å². The van der Waals surface area contributed by atoms with Crippen LogP contribution in [-0.4, -0.2) is 31.3 Å². The lowest BCUT2D eigenvalue weighted by Gasteiger charge is -2.39. The lowest BCUT2D eigenvalue weighted by Crippen LogP contribution is -2.45. The Bertz CT molecular complexity index is 273. The van der Waals surface area contributed by atoms with E-state index in [-0.39, 0.29) is 5.60 Å². The topological polar surface area (TPSA) is 59.6 Å². The third-order valence-corrected chi connectivity index (χ3v) is 4.44. The minimum Gasteiger partial charge on any atom is -0.376 e. The van der Waals surface area contributed by atoms with Gasteiger partial charge in [-0.1, -0.05) is 25.7 Å². The Morgan fingerprint density at radius 2 is 1.89 bits per heavy atom. The highest BCUT2D eigenvalue weighted by atomic mass is 16.5. The van der Waals surface area contributed by atoms with Crippen LogP contribution in [0.25, 0.3) is 0 Å². The maximum absolute atomic E-state index is 5.98. The zero-order valence-electron chi connectivity index (χ0n) is 11.6. The molecule has 2 saturated carbocycles. The summed E-state index contributed by atoms with van der Waals surface area (Å²) in [7, 11) is 1.78. The zero-order chi connectivity index (χ0) is 12.8. The number of hydrogen-bond donors (Lipinski definition) is 2. The molecule has 0 heterocycles. The Morgan fingerprint density at radius 1 is 1.22 bits per heavy atom. The third-order valence-electron chi connectivity index (χ3n) is 4.44. The fourth-order valence-corrected chi connectivity index (χ4v) is 2.91. The maximum Gasteiger partial charge on any atom is 0.188 e. The number of ether oxygens (including phenoxy) is 1. The van der Waals surface area contributed by atoms with Crippen molar-refractivity contribution in [3.8, 4) is 0 Å². The molecule has 2 aliphatic rings. The molecule has 0 aromatic heterocycles. The van der Waals surface area contributed by atoms with E-state index < -0.39 is 0 Å². The summed E-state index contributed by atoms with van der Waals surface area (Å²) in [5.74, 6) is 0.602. The second-order valence-corrected chi connectivity index (χ2v) is 5.77. The largest absolute Gasteiger partial charge is 0.376 e. The van der Waals surface area contributed by atoms with Gasteiger partial charge in [-0.2, -0.15) is 0 Å². The standard InChI is InChI=1S/C14H27N3O/c1-18-14(9-6-10-14)11-16-13(15)17-12-7-4-2-3-5-8-12/h12H,2-11H2,1H3,(H3,15,16,17). The molecule has 0 saturated heterocycles. The minimum atomic E-state index is -0.0181. The van der Waals surface area contributed by atoms with E-state index in [0.717, 1.165) is 12.8 Å². The van der Waals surface area contributed by atoms with Crippen LogP contribution in [0, 0.1) is 0 Å². The molecule has 0 bridgehead atoms. The fraction of sp³-hybridized carbons (Fsp3) is 0.929. The second kappa shape index (κ2) is 6.41. The molecule has 4 nitrogen and oxygen atoms in total. The van der Waals surface area contributed by atoms with Gasteiger partial charge in [-0.3, -0.25) is 4.99 Å². The fourth-order valence-electron chi connectivity index (χ4n) is 2.91. The molecule has 0 unspecified atom stereocenters. The first-order chi connectivity index (χ1) is 8.74. The van der Waals surface area contributed by atoms with E-state index in [4.69, 9.17) is 10.5 Å². The number of guanidine groups is 1. The lowest BCUT2D eigenvalue weighted by atomic mass is 9.80. The number of methoxy groups -OCH3 is 1. The van der Waals surface area contributed by atoms with E-state index >= 15 is 0 Å². The number of aliphatic imine (C=N–C) groups is 1. The van der Waals surface area contributed by atoms with Crippen molar-refractivity contribution in [1.82, 2.24) is 5.32 Å². The molecule has 104 valence electrons. The Morgan fingerprint density at radius 3 is 2.39 bits per heavy atom. The monoisotopic (exact) mass is 253 g/mol. The molecule has 0 radical (unpaired) electrons. The van der Waals surface area contributed by atoms with Crippen molar-refractivity contribution in [1.29, 1.82) is 0 Å². The van der Waals surface area contributed by atoms with E-state index in [9.17, 15) is 0 Å². The van der Waals surface area contributed by atoms with Crippen molar-refractivity contribution >= 4 is 5.96 Å². The predicted molar refractivity (Wildman–Crippen MR) is 74.7 cm³/mol. The van der Waals surface area contributed by atoms with Gasteiger partial charge >= 0.3 is 0 Å².